The van der Waals surface area contributed by atoms with Crippen LogP contribution in [-0.2, 0) is 0 Å². The van der Waals surface area contributed by atoms with Gasteiger partial charge in [-0.3, -0.25) is 4.79 Å². The molecule has 3 nitrogen and oxygen atoms in total. The third-order valence-electron chi connectivity index (χ3n) is 2.48. The van der Waals surface area contributed by atoms with Gasteiger partial charge in [-0.25, -0.2) is 0 Å². The Morgan fingerprint density at radius 1 is 1.11 bits per heavy atom. The summed E-state index contributed by atoms with van der Waals surface area (Å²) in [5, 5.41) is 0. The molecule has 0 fully saturated rings. The maximum absolute atomic E-state index is 12.1. The molecule has 0 saturated heterocycles. The van der Waals surface area contributed by atoms with Crippen molar-refractivity contribution >= 4 is 43.3 Å². The van der Waals surface area contributed by atoms with Crippen molar-refractivity contribution in [3.05, 3.63) is 57.0 Å². The van der Waals surface area contributed by atoms with E-state index >= 15 is 0 Å². The summed E-state index contributed by atoms with van der Waals surface area (Å²) in [5.41, 5.74) is 6.82. The normalized spacial score (nSPS) is 10.2. The Hall–Kier alpha value is -1.33. The van der Waals surface area contributed by atoms with Crippen LogP contribution in [0.2, 0.25) is 0 Å². The topological polar surface area (TPSA) is 52.3 Å². The van der Waals surface area contributed by atoms with Gasteiger partial charge in [-0.15, -0.1) is 0 Å². The molecule has 2 aromatic carbocycles. The first-order chi connectivity index (χ1) is 9.06. The van der Waals surface area contributed by atoms with E-state index in [1.165, 1.54) is 0 Å². The lowest BCUT2D eigenvalue weighted by atomic mass is 10.1. The standard InChI is InChI=1S/C14H11Br2NO2/c15-9-1-6-13(16)12(7-9)14(18)8-19-11-4-2-10(17)3-5-11/h1-7H,8,17H2. The Labute approximate surface area is 128 Å². The molecule has 0 aliphatic heterocycles. The van der Waals surface area contributed by atoms with Crippen molar-refractivity contribution in [3.63, 3.8) is 0 Å². The molecule has 0 bridgehead atoms. The summed E-state index contributed by atoms with van der Waals surface area (Å²) in [7, 11) is 0. The molecule has 0 radical (unpaired) electrons. The minimum Gasteiger partial charge on any atom is -0.485 e. The molecule has 0 aliphatic carbocycles. The molecule has 19 heavy (non-hydrogen) atoms. The smallest absolute Gasteiger partial charge is 0.201 e. The highest BCUT2D eigenvalue weighted by Gasteiger charge is 2.11. The van der Waals surface area contributed by atoms with E-state index in [2.05, 4.69) is 31.9 Å². The molecule has 2 aromatic rings. The van der Waals surface area contributed by atoms with Crippen molar-refractivity contribution in [2.24, 2.45) is 0 Å². The first kappa shape index (κ1) is 14.1. The van der Waals surface area contributed by atoms with E-state index in [-0.39, 0.29) is 12.4 Å². The fourth-order valence-corrected chi connectivity index (χ4v) is 2.33. The highest BCUT2D eigenvalue weighted by molar-refractivity contribution is 9.11. The van der Waals surface area contributed by atoms with Crippen molar-refractivity contribution < 1.29 is 9.53 Å². The van der Waals surface area contributed by atoms with Crippen molar-refractivity contribution in [1.29, 1.82) is 0 Å². The van der Waals surface area contributed by atoms with Crippen molar-refractivity contribution in [3.8, 4) is 5.75 Å². The summed E-state index contributed by atoms with van der Waals surface area (Å²) < 4.78 is 7.04. The van der Waals surface area contributed by atoms with Gasteiger partial charge in [0.05, 0.1) is 0 Å². The SMILES string of the molecule is Nc1ccc(OCC(=O)c2cc(Br)ccc2Br)cc1. The molecule has 0 unspecified atom stereocenters. The van der Waals surface area contributed by atoms with Crippen LogP contribution in [0.4, 0.5) is 5.69 Å². The Balaban J connectivity index is 2.05. The maximum atomic E-state index is 12.1. The number of hydrogen-bond acceptors (Lipinski definition) is 3. The number of nitrogens with two attached hydrogens (primary N) is 1. The quantitative estimate of drug-likeness (QED) is 0.638. The number of halogens is 2. The Bertz CT molecular complexity index is 597. The van der Waals surface area contributed by atoms with Crippen molar-refractivity contribution in [2.45, 2.75) is 0 Å². The van der Waals surface area contributed by atoms with Crippen LogP contribution in [0.1, 0.15) is 10.4 Å². The molecule has 0 saturated carbocycles. The van der Waals surface area contributed by atoms with Gasteiger partial charge in [-0.05, 0) is 42.5 Å². The summed E-state index contributed by atoms with van der Waals surface area (Å²) in [5.74, 6) is 0.527. The summed E-state index contributed by atoms with van der Waals surface area (Å²) in [6.45, 7) is -0.0149. The largest absolute Gasteiger partial charge is 0.485 e. The third kappa shape index (κ3) is 3.81. The molecule has 0 atom stereocenters. The first-order valence-corrected chi connectivity index (χ1v) is 7.11. The van der Waals surface area contributed by atoms with Crippen molar-refractivity contribution in [1.82, 2.24) is 0 Å². The van der Waals surface area contributed by atoms with Gasteiger partial charge in [-0.1, -0.05) is 31.9 Å². The number of nitrogen functional groups attached to an aromatic ring is 1. The van der Waals surface area contributed by atoms with Crippen LogP contribution in [0.25, 0.3) is 0 Å². The molecule has 98 valence electrons. The summed E-state index contributed by atoms with van der Waals surface area (Å²) in [6, 6.07) is 12.4. The molecule has 2 N–H and O–H groups in total. The molecular weight excluding hydrogens is 374 g/mol. The molecular formula is C14H11Br2NO2. The second-order valence-corrected chi connectivity index (χ2v) is 5.68. The van der Waals surface area contributed by atoms with E-state index in [1.807, 2.05) is 12.1 Å². The number of Topliss-reactive ketones (excluding diaryl/α,β-unsaturated/α-hetero) is 1. The van der Waals surface area contributed by atoms with Crippen LogP contribution < -0.4 is 10.5 Å². The third-order valence-corrected chi connectivity index (χ3v) is 3.66. The second-order valence-electron chi connectivity index (χ2n) is 3.91. The van der Waals surface area contributed by atoms with Gasteiger partial charge in [0.1, 0.15) is 5.75 Å². The van der Waals surface area contributed by atoms with Crippen LogP contribution in [0.15, 0.2) is 51.4 Å². The molecule has 0 amide bonds. The van der Waals surface area contributed by atoms with E-state index in [4.69, 9.17) is 10.5 Å². The van der Waals surface area contributed by atoms with Crippen molar-refractivity contribution in [2.75, 3.05) is 12.3 Å². The van der Waals surface area contributed by atoms with E-state index in [1.54, 1.807) is 30.3 Å². The van der Waals surface area contributed by atoms with Crippen LogP contribution >= 0.6 is 31.9 Å². The van der Waals surface area contributed by atoms with Gasteiger partial charge in [0, 0.05) is 20.2 Å². The lowest BCUT2D eigenvalue weighted by molar-refractivity contribution is 0.0920. The number of hydrogen-bond donors (Lipinski definition) is 1. The van der Waals surface area contributed by atoms with Gasteiger partial charge in [0.2, 0.25) is 5.78 Å². The lowest BCUT2D eigenvalue weighted by Crippen LogP contribution is -2.12. The van der Waals surface area contributed by atoms with Gasteiger partial charge < -0.3 is 10.5 Å². The first-order valence-electron chi connectivity index (χ1n) is 5.53. The van der Waals surface area contributed by atoms with E-state index in [0.29, 0.717) is 17.0 Å². The Morgan fingerprint density at radius 2 is 1.79 bits per heavy atom. The molecule has 2 rings (SSSR count). The van der Waals surface area contributed by atoms with Crippen LogP contribution in [0.3, 0.4) is 0 Å². The predicted octanol–water partition coefficient (Wildman–Crippen LogP) is 4.06. The number of carbonyl (C=O) groups is 1. The fraction of sp³-hybridized carbons (Fsp3) is 0.0714. The predicted molar refractivity (Wildman–Crippen MR) is 82.5 cm³/mol. The summed E-state index contributed by atoms with van der Waals surface area (Å²) in [6.07, 6.45) is 0. The number of ketones is 1. The molecule has 0 aromatic heterocycles. The Kier molecular flexibility index (Phi) is 4.61. The number of benzene rings is 2. The van der Waals surface area contributed by atoms with E-state index in [9.17, 15) is 4.79 Å². The zero-order chi connectivity index (χ0) is 13.8. The zero-order valence-corrected chi connectivity index (χ0v) is 13.1. The average molecular weight is 385 g/mol. The zero-order valence-electron chi connectivity index (χ0n) is 9.90. The summed E-state index contributed by atoms with van der Waals surface area (Å²) >= 11 is 6.69. The number of rotatable bonds is 4. The van der Waals surface area contributed by atoms with Gasteiger partial charge in [0.15, 0.2) is 6.61 Å². The molecule has 0 spiro atoms. The van der Waals surface area contributed by atoms with Crippen LogP contribution in [0, 0.1) is 0 Å². The number of ether oxygens (including phenoxy) is 1. The molecule has 5 heteroatoms. The highest BCUT2D eigenvalue weighted by Crippen LogP contribution is 2.22. The lowest BCUT2D eigenvalue weighted by Gasteiger charge is -2.07. The van der Waals surface area contributed by atoms with E-state index in [0.717, 1.165) is 8.95 Å². The van der Waals surface area contributed by atoms with E-state index < -0.39 is 0 Å². The minimum absolute atomic E-state index is 0.0149. The highest BCUT2D eigenvalue weighted by atomic mass is 79.9. The van der Waals surface area contributed by atoms with Crippen LogP contribution in [-0.4, -0.2) is 12.4 Å². The van der Waals surface area contributed by atoms with Gasteiger partial charge in [0.25, 0.3) is 0 Å². The number of carbonyl (C=O) groups excluding carboxylic acids is 1. The number of anilines is 1. The maximum Gasteiger partial charge on any atom is 0.201 e. The molecule has 0 heterocycles. The fourth-order valence-electron chi connectivity index (χ4n) is 1.50. The monoisotopic (exact) mass is 383 g/mol. The molecule has 0 aliphatic rings. The van der Waals surface area contributed by atoms with Gasteiger partial charge in [-0.2, -0.15) is 0 Å². The van der Waals surface area contributed by atoms with Crippen LogP contribution in [0.5, 0.6) is 5.75 Å². The van der Waals surface area contributed by atoms with Gasteiger partial charge >= 0.3 is 0 Å². The second kappa shape index (κ2) is 6.21. The average Bonchev–Trinajstić information content (AvgIpc) is 2.40. The summed E-state index contributed by atoms with van der Waals surface area (Å²) in [4.78, 5) is 12.1. The minimum atomic E-state index is -0.0926. The Morgan fingerprint density at radius 3 is 2.47 bits per heavy atom.